The number of nitrogens with two attached hydrogens (primary N) is 1. The van der Waals surface area contributed by atoms with Crippen LogP contribution in [0.5, 0.6) is 11.5 Å². The molecule has 1 atom stereocenters. The molecule has 2 aromatic heterocycles. The van der Waals surface area contributed by atoms with Crippen molar-refractivity contribution in [2.24, 2.45) is 11.7 Å². The molecule has 0 saturated heterocycles. The maximum absolute atomic E-state index is 12.8. The van der Waals surface area contributed by atoms with Crippen molar-refractivity contribution in [3.63, 3.8) is 0 Å². The normalized spacial score (nSPS) is 14.2. The lowest BCUT2D eigenvalue weighted by Crippen LogP contribution is -2.24. The predicted octanol–water partition coefficient (Wildman–Crippen LogP) is 4.08. The first-order valence-corrected chi connectivity index (χ1v) is 10.6. The summed E-state index contributed by atoms with van der Waals surface area (Å²) in [6.07, 6.45) is 3.63. The van der Waals surface area contributed by atoms with Gasteiger partial charge in [0.05, 0.1) is 19.2 Å². The van der Waals surface area contributed by atoms with Gasteiger partial charge in [-0.1, -0.05) is 6.07 Å². The highest BCUT2D eigenvalue weighted by Gasteiger charge is 2.24. The Hall–Kier alpha value is -3.53. The van der Waals surface area contributed by atoms with Gasteiger partial charge in [-0.2, -0.15) is 8.78 Å². The average molecular weight is 458 g/mol. The van der Waals surface area contributed by atoms with Crippen LogP contribution in [0.4, 0.5) is 8.78 Å². The molecule has 1 amide bonds. The molecule has 10 heteroatoms. The Morgan fingerprint density at radius 1 is 1.27 bits per heavy atom. The Morgan fingerprint density at radius 3 is 2.76 bits per heavy atom. The Labute approximate surface area is 189 Å². The lowest BCUT2D eigenvalue weighted by atomic mass is 10.2. The number of nitrogens with one attached hydrogen (secondary N) is 1. The SMILES string of the molecule is C[C@H](N)c1oc(-c2ccc(OC(F)F)c(OCC3CC3)c2)nc1CNC(=O)c1ccccn1. The Bertz CT molecular complexity index is 1100. The van der Waals surface area contributed by atoms with E-state index in [1.807, 2.05) is 0 Å². The fourth-order valence-electron chi connectivity index (χ4n) is 3.16. The molecule has 1 aliphatic rings. The van der Waals surface area contributed by atoms with Gasteiger partial charge in [-0.05, 0) is 56.0 Å². The van der Waals surface area contributed by atoms with Gasteiger partial charge in [0.2, 0.25) is 5.89 Å². The zero-order valence-corrected chi connectivity index (χ0v) is 18.0. The van der Waals surface area contributed by atoms with Gasteiger partial charge < -0.3 is 24.9 Å². The van der Waals surface area contributed by atoms with Crippen molar-refractivity contribution in [3.8, 4) is 23.0 Å². The number of hydrogen-bond acceptors (Lipinski definition) is 7. The molecule has 174 valence electrons. The number of rotatable bonds is 10. The monoisotopic (exact) mass is 458 g/mol. The number of carbonyl (C=O) groups excluding carboxylic acids is 1. The number of oxazole rings is 1. The number of ether oxygens (including phenoxy) is 2. The fourth-order valence-corrected chi connectivity index (χ4v) is 3.16. The maximum atomic E-state index is 12.8. The second-order valence-corrected chi connectivity index (χ2v) is 7.81. The summed E-state index contributed by atoms with van der Waals surface area (Å²) in [5.41, 5.74) is 7.27. The van der Waals surface area contributed by atoms with Gasteiger partial charge in [0, 0.05) is 11.8 Å². The molecule has 0 unspecified atom stereocenters. The maximum Gasteiger partial charge on any atom is 0.387 e. The van der Waals surface area contributed by atoms with Crippen molar-refractivity contribution in [1.29, 1.82) is 0 Å². The molecule has 0 radical (unpaired) electrons. The second-order valence-electron chi connectivity index (χ2n) is 7.81. The van der Waals surface area contributed by atoms with E-state index in [4.69, 9.17) is 14.9 Å². The molecule has 3 N–H and O–H groups in total. The third-order valence-corrected chi connectivity index (χ3v) is 5.03. The van der Waals surface area contributed by atoms with Crippen LogP contribution >= 0.6 is 0 Å². The molecular weight excluding hydrogens is 434 g/mol. The molecule has 0 bridgehead atoms. The number of hydrogen-bond donors (Lipinski definition) is 2. The lowest BCUT2D eigenvalue weighted by molar-refractivity contribution is -0.0515. The van der Waals surface area contributed by atoms with Gasteiger partial charge in [-0.3, -0.25) is 9.78 Å². The third-order valence-electron chi connectivity index (χ3n) is 5.03. The first-order valence-electron chi connectivity index (χ1n) is 10.6. The number of alkyl halides is 2. The molecule has 0 spiro atoms. The van der Waals surface area contributed by atoms with Gasteiger partial charge >= 0.3 is 6.61 Å². The van der Waals surface area contributed by atoms with E-state index in [9.17, 15) is 13.6 Å². The number of halogens is 2. The van der Waals surface area contributed by atoms with Crippen molar-refractivity contribution >= 4 is 5.91 Å². The summed E-state index contributed by atoms with van der Waals surface area (Å²) >= 11 is 0. The molecular formula is C23H24F2N4O4. The van der Waals surface area contributed by atoms with Gasteiger partial charge in [0.25, 0.3) is 5.91 Å². The molecule has 4 rings (SSSR count). The predicted molar refractivity (Wildman–Crippen MR) is 115 cm³/mol. The average Bonchev–Trinajstić information content (AvgIpc) is 3.53. The Morgan fingerprint density at radius 2 is 2.09 bits per heavy atom. The van der Waals surface area contributed by atoms with Gasteiger partial charge in [-0.25, -0.2) is 4.98 Å². The Kier molecular flexibility index (Phi) is 6.83. The largest absolute Gasteiger partial charge is 0.489 e. The lowest BCUT2D eigenvalue weighted by Gasteiger charge is -2.12. The molecule has 2 heterocycles. The van der Waals surface area contributed by atoms with Gasteiger partial charge in [-0.15, -0.1) is 0 Å². The summed E-state index contributed by atoms with van der Waals surface area (Å²) in [5, 5.41) is 2.75. The minimum atomic E-state index is -2.97. The van der Waals surface area contributed by atoms with Crippen molar-refractivity contribution in [1.82, 2.24) is 15.3 Å². The highest BCUT2D eigenvalue weighted by Crippen LogP contribution is 2.37. The van der Waals surface area contributed by atoms with Crippen molar-refractivity contribution in [2.75, 3.05) is 6.61 Å². The number of amides is 1. The molecule has 1 aromatic carbocycles. The third kappa shape index (κ3) is 5.83. The number of nitrogens with zero attached hydrogens (tertiary/aromatic N) is 2. The highest BCUT2D eigenvalue weighted by atomic mass is 19.3. The summed E-state index contributed by atoms with van der Waals surface area (Å²) < 4.78 is 41.8. The summed E-state index contributed by atoms with van der Waals surface area (Å²) in [4.78, 5) is 20.8. The Balaban J connectivity index is 1.56. The molecule has 3 aromatic rings. The first-order chi connectivity index (χ1) is 15.9. The standard InChI is InChI=1S/C23H24F2N4O4/c1-13(26)20-17(11-28-21(30)16-4-2-3-9-27-16)29-22(33-20)15-7-8-18(32-23(24)25)19(10-15)31-12-14-5-6-14/h2-4,7-10,13-14,23H,5-6,11-12,26H2,1H3,(H,28,30)/t13-/m0/s1. The van der Waals surface area contributed by atoms with Crippen LogP contribution in [-0.4, -0.2) is 29.1 Å². The minimum Gasteiger partial charge on any atom is -0.489 e. The molecule has 33 heavy (non-hydrogen) atoms. The van der Waals surface area contributed by atoms with E-state index in [0.717, 1.165) is 12.8 Å². The van der Waals surface area contributed by atoms with Crippen LogP contribution < -0.4 is 20.5 Å². The van der Waals surface area contributed by atoms with E-state index in [0.29, 0.717) is 29.5 Å². The first kappa shape index (κ1) is 22.7. The highest BCUT2D eigenvalue weighted by molar-refractivity contribution is 5.92. The van der Waals surface area contributed by atoms with E-state index in [1.54, 1.807) is 37.3 Å². The summed E-state index contributed by atoms with van der Waals surface area (Å²) in [5.74, 6) is 0.819. The number of aromatic nitrogens is 2. The van der Waals surface area contributed by atoms with Gasteiger partial charge in [0.15, 0.2) is 11.5 Å². The van der Waals surface area contributed by atoms with Crippen molar-refractivity contribution in [3.05, 3.63) is 59.7 Å². The number of carbonyl (C=O) groups is 1. The molecule has 1 fully saturated rings. The van der Waals surface area contributed by atoms with Crippen LogP contribution in [0.3, 0.4) is 0 Å². The van der Waals surface area contributed by atoms with Gasteiger partial charge in [0.1, 0.15) is 17.1 Å². The van der Waals surface area contributed by atoms with Crippen molar-refractivity contribution < 1.29 is 27.5 Å². The van der Waals surface area contributed by atoms with E-state index in [2.05, 4.69) is 20.0 Å². The zero-order valence-electron chi connectivity index (χ0n) is 18.0. The quantitative estimate of drug-likeness (QED) is 0.471. The van der Waals surface area contributed by atoms with E-state index in [1.165, 1.54) is 12.3 Å². The van der Waals surface area contributed by atoms with Crippen LogP contribution in [-0.2, 0) is 6.54 Å². The van der Waals surface area contributed by atoms with Crippen LogP contribution in [0.1, 0.15) is 47.7 Å². The van der Waals surface area contributed by atoms with Crippen LogP contribution in [0, 0.1) is 5.92 Å². The molecule has 1 saturated carbocycles. The summed E-state index contributed by atoms with van der Waals surface area (Å²) in [6, 6.07) is 9.04. The van der Waals surface area contributed by atoms with Crippen LogP contribution in [0.25, 0.3) is 11.5 Å². The smallest absolute Gasteiger partial charge is 0.387 e. The summed E-state index contributed by atoms with van der Waals surface area (Å²) in [6.45, 7) is -0.740. The summed E-state index contributed by atoms with van der Waals surface area (Å²) in [7, 11) is 0. The van der Waals surface area contributed by atoms with E-state index >= 15 is 0 Å². The van der Waals surface area contributed by atoms with Crippen LogP contribution in [0.15, 0.2) is 47.0 Å². The molecule has 8 nitrogen and oxygen atoms in total. The zero-order chi connectivity index (χ0) is 23.4. The molecule has 0 aliphatic heterocycles. The van der Waals surface area contributed by atoms with Crippen LogP contribution in [0.2, 0.25) is 0 Å². The second kappa shape index (κ2) is 9.95. The fraction of sp³-hybridized carbons (Fsp3) is 0.348. The number of benzene rings is 1. The minimum absolute atomic E-state index is 0.0591. The van der Waals surface area contributed by atoms with E-state index in [-0.39, 0.29) is 35.5 Å². The topological polar surface area (TPSA) is 113 Å². The van der Waals surface area contributed by atoms with Crippen molar-refractivity contribution in [2.45, 2.75) is 39.0 Å². The molecule has 1 aliphatic carbocycles. The van der Waals surface area contributed by atoms with E-state index < -0.39 is 12.7 Å². The number of pyridine rings is 1.